The number of hydrogen-bond donors (Lipinski definition) is 2. The third-order valence-corrected chi connectivity index (χ3v) is 5.66. The Morgan fingerprint density at radius 3 is 2.61 bits per heavy atom. The molecule has 2 saturated heterocycles. The van der Waals surface area contributed by atoms with Crippen LogP contribution in [-0.4, -0.2) is 78.0 Å². The molecule has 3 amide bonds. The molecule has 2 atom stereocenters. The van der Waals surface area contributed by atoms with Gasteiger partial charge < -0.3 is 20.0 Å². The van der Waals surface area contributed by atoms with Crippen molar-refractivity contribution in [1.29, 1.82) is 0 Å². The lowest BCUT2D eigenvalue weighted by Gasteiger charge is -2.35. The second-order valence-electron chi connectivity index (χ2n) is 6.89. The van der Waals surface area contributed by atoms with Crippen molar-refractivity contribution >= 4 is 29.5 Å². The SMILES string of the molecule is CCN(CC)CCN=C1NC2C(C(=O)NC(=O)N2C)N1Cc1ccccc1Cl. The quantitative estimate of drug-likeness (QED) is 0.713. The molecule has 0 aliphatic carbocycles. The van der Waals surface area contributed by atoms with Gasteiger partial charge in [0, 0.05) is 25.2 Å². The molecule has 2 fully saturated rings. The molecule has 2 aliphatic rings. The molecule has 9 heteroatoms. The van der Waals surface area contributed by atoms with E-state index in [9.17, 15) is 9.59 Å². The van der Waals surface area contributed by atoms with Crippen LogP contribution in [0.1, 0.15) is 19.4 Å². The molecular weight excluding hydrogens is 380 g/mol. The van der Waals surface area contributed by atoms with E-state index in [1.165, 1.54) is 4.90 Å². The Bertz CT molecular complexity index is 767. The summed E-state index contributed by atoms with van der Waals surface area (Å²) in [6.07, 6.45) is -0.462. The molecule has 0 saturated carbocycles. The van der Waals surface area contributed by atoms with Crippen LogP contribution in [-0.2, 0) is 11.3 Å². The highest BCUT2D eigenvalue weighted by molar-refractivity contribution is 6.31. The standard InChI is InChI=1S/C19H27ClN6O2/c1-4-25(5-2)11-10-21-18-22-16-15(17(27)23-19(28)24(16)3)26(18)12-13-8-6-7-9-14(13)20/h6-9,15-16H,4-5,10-12H2,1-3H3,(H,21,22)(H,23,27,28). The Labute approximate surface area is 170 Å². The summed E-state index contributed by atoms with van der Waals surface area (Å²) < 4.78 is 0. The molecule has 152 valence electrons. The summed E-state index contributed by atoms with van der Waals surface area (Å²) in [5.41, 5.74) is 0.899. The Morgan fingerprint density at radius 2 is 1.93 bits per heavy atom. The van der Waals surface area contributed by atoms with Crippen LogP contribution in [0.3, 0.4) is 0 Å². The summed E-state index contributed by atoms with van der Waals surface area (Å²) in [7, 11) is 1.67. The number of amides is 3. The zero-order valence-corrected chi connectivity index (χ0v) is 17.2. The van der Waals surface area contributed by atoms with Gasteiger partial charge in [0.2, 0.25) is 0 Å². The molecule has 0 spiro atoms. The van der Waals surface area contributed by atoms with Gasteiger partial charge in [-0.1, -0.05) is 43.6 Å². The van der Waals surface area contributed by atoms with Crippen LogP contribution in [0.5, 0.6) is 0 Å². The number of rotatable bonds is 7. The highest BCUT2D eigenvalue weighted by atomic mass is 35.5. The normalized spacial score (nSPS) is 23.2. The molecule has 1 aromatic carbocycles. The van der Waals surface area contributed by atoms with E-state index in [1.807, 2.05) is 29.2 Å². The van der Waals surface area contributed by atoms with Crippen molar-refractivity contribution in [2.75, 3.05) is 33.2 Å². The first-order valence-corrected chi connectivity index (χ1v) is 9.95. The molecule has 0 bridgehead atoms. The average molecular weight is 407 g/mol. The van der Waals surface area contributed by atoms with E-state index in [0.717, 1.165) is 25.2 Å². The Morgan fingerprint density at radius 1 is 1.21 bits per heavy atom. The number of carbonyl (C=O) groups excluding carboxylic acids is 2. The van der Waals surface area contributed by atoms with Crippen LogP contribution in [0.15, 0.2) is 29.3 Å². The van der Waals surface area contributed by atoms with Crippen molar-refractivity contribution in [2.24, 2.45) is 4.99 Å². The van der Waals surface area contributed by atoms with Gasteiger partial charge in [-0.2, -0.15) is 0 Å². The molecular formula is C19H27ClN6O2. The van der Waals surface area contributed by atoms with E-state index in [1.54, 1.807) is 7.05 Å². The fourth-order valence-corrected chi connectivity index (χ4v) is 3.74. The number of urea groups is 1. The lowest BCUT2D eigenvalue weighted by Crippen LogP contribution is -2.64. The van der Waals surface area contributed by atoms with Crippen LogP contribution < -0.4 is 10.6 Å². The number of nitrogens with one attached hydrogen (secondary N) is 2. The molecule has 3 rings (SSSR count). The Kier molecular flexibility index (Phi) is 6.41. The number of likely N-dealkylation sites (N-methyl/N-ethyl adjacent to an activating group) is 2. The van der Waals surface area contributed by atoms with Crippen molar-refractivity contribution in [3.8, 4) is 0 Å². The van der Waals surface area contributed by atoms with Crippen LogP contribution in [0.4, 0.5) is 4.79 Å². The summed E-state index contributed by atoms with van der Waals surface area (Å²) in [5.74, 6) is 0.278. The van der Waals surface area contributed by atoms with Crippen molar-refractivity contribution in [2.45, 2.75) is 32.6 Å². The third kappa shape index (κ3) is 4.07. The molecule has 2 N–H and O–H groups in total. The van der Waals surface area contributed by atoms with Crippen molar-refractivity contribution < 1.29 is 9.59 Å². The summed E-state index contributed by atoms with van der Waals surface area (Å²) in [5, 5.41) is 6.31. The van der Waals surface area contributed by atoms with Crippen LogP contribution >= 0.6 is 11.6 Å². The lowest BCUT2D eigenvalue weighted by atomic mass is 10.1. The zero-order chi connectivity index (χ0) is 20.3. The number of carbonyl (C=O) groups is 2. The Balaban J connectivity index is 1.86. The molecule has 1 aromatic rings. The average Bonchev–Trinajstić information content (AvgIpc) is 3.04. The maximum absolute atomic E-state index is 12.6. The molecule has 8 nitrogen and oxygen atoms in total. The van der Waals surface area contributed by atoms with E-state index >= 15 is 0 Å². The molecule has 2 aliphatic heterocycles. The van der Waals surface area contributed by atoms with Crippen LogP contribution in [0, 0.1) is 0 Å². The van der Waals surface area contributed by atoms with Crippen LogP contribution in [0.2, 0.25) is 5.02 Å². The molecule has 28 heavy (non-hydrogen) atoms. The second-order valence-corrected chi connectivity index (χ2v) is 7.30. The monoisotopic (exact) mass is 406 g/mol. The van der Waals surface area contributed by atoms with E-state index in [-0.39, 0.29) is 5.91 Å². The summed E-state index contributed by atoms with van der Waals surface area (Å²) in [6.45, 7) is 8.01. The maximum Gasteiger partial charge on any atom is 0.325 e. The number of nitrogens with zero attached hydrogens (tertiary/aromatic N) is 4. The van der Waals surface area contributed by atoms with Crippen molar-refractivity contribution in [1.82, 2.24) is 25.3 Å². The number of benzene rings is 1. The topological polar surface area (TPSA) is 80.3 Å². The number of fused-ring (bicyclic) bond motifs is 1. The number of aliphatic imine (C=N–C) groups is 1. The fraction of sp³-hybridized carbons (Fsp3) is 0.526. The van der Waals surface area contributed by atoms with Crippen LogP contribution in [0.25, 0.3) is 0 Å². The largest absolute Gasteiger partial charge is 0.333 e. The molecule has 0 aromatic heterocycles. The first-order chi connectivity index (χ1) is 13.5. The zero-order valence-electron chi connectivity index (χ0n) is 16.5. The van der Waals surface area contributed by atoms with Gasteiger partial charge in [-0.25, -0.2) is 4.79 Å². The Hall–Kier alpha value is -2.32. The van der Waals surface area contributed by atoms with E-state index in [4.69, 9.17) is 16.6 Å². The van der Waals surface area contributed by atoms with Gasteiger partial charge in [0.05, 0.1) is 6.54 Å². The van der Waals surface area contributed by atoms with Gasteiger partial charge in [0.15, 0.2) is 12.0 Å². The third-order valence-electron chi connectivity index (χ3n) is 5.29. The number of imide groups is 1. The lowest BCUT2D eigenvalue weighted by molar-refractivity contribution is -0.127. The summed E-state index contributed by atoms with van der Waals surface area (Å²) >= 11 is 6.34. The first-order valence-electron chi connectivity index (χ1n) is 9.57. The van der Waals surface area contributed by atoms with Crippen molar-refractivity contribution in [3.63, 3.8) is 0 Å². The first kappa shape index (κ1) is 20.4. The smallest absolute Gasteiger partial charge is 0.325 e. The van der Waals surface area contributed by atoms with E-state index in [0.29, 0.717) is 24.1 Å². The minimum absolute atomic E-state index is 0.332. The second kappa shape index (κ2) is 8.79. The number of guanidine groups is 1. The summed E-state index contributed by atoms with van der Waals surface area (Å²) in [4.78, 5) is 35.0. The predicted molar refractivity (Wildman–Crippen MR) is 109 cm³/mol. The highest BCUT2D eigenvalue weighted by Gasteiger charge is 2.49. The van der Waals surface area contributed by atoms with Gasteiger partial charge in [0.1, 0.15) is 6.17 Å². The maximum atomic E-state index is 12.6. The van der Waals surface area contributed by atoms with Gasteiger partial charge in [-0.05, 0) is 24.7 Å². The minimum Gasteiger partial charge on any atom is -0.333 e. The van der Waals surface area contributed by atoms with Gasteiger partial charge in [-0.15, -0.1) is 0 Å². The minimum atomic E-state index is -0.564. The highest BCUT2D eigenvalue weighted by Crippen LogP contribution is 2.25. The van der Waals surface area contributed by atoms with Crippen molar-refractivity contribution in [3.05, 3.63) is 34.9 Å². The van der Waals surface area contributed by atoms with Gasteiger partial charge >= 0.3 is 6.03 Å². The molecule has 2 unspecified atom stereocenters. The number of halogens is 1. The molecule has 2 heterocycles. The number of hydrogen-bond acceptors (Lipinski definition) is 4. The van der Waals surface area contributed by atoms with E-state index in [2.05, 4.69) is 29.4 Å². The fourth-order valence-electron chi connectivity index (χ4n) is 3.54. The summed E-state index contributed by atoms with van der Waals surface area (Å²) in [6, 6.07) is 6.56. The molecule has 0 radical (unpaired) electrons. The van der Waals surface area contributed by atoms with Gasteiger partial charge in [0.25, 0.3) is 5.91 Å². The van der Waals surface area contributed by atoms with E-state index < -0.39 is 18.2 Å². The van der Waals surface area contributed by atoms with Gasteiger partial charge in [-0.3, -0.25) is 15.1 Å². The predicted octanol–water partition coefficient (Wildman–Crippen LogP) is 1.32.